The molecule has 2 aromatic heterocycles. The van der Waals surface area contributed by atoms with Crippen LogP contribution in [-0.2, 0) is 0 Å². The molecule has 96 valence electrons. The van der Waals surface area contributed by atoms with Crippen LogP contribution in [0.1, 0.15) is 11.1 Å². The van der Waals surface area contributed by atoms with E-state index in [0.717, 1.165) is 11.3 Å². The van der Waals surface area contributed by atoms with Crippen LogP contribution in [0.4, 0.5) is 17.3 Å². The summed E-state index contributed by atoms with van der Waals surface area (Å²) < 4.78 is 1.85. The summed E-state index contributed by atoms with van der Waals surface area (Å²) in [4.78, 5) is 8.59. The zero-order chi connectivity index (χ0) is 13.4. The van der Waals surface area contributed by atoms with E-state index in [1.165, 1.54) is 11.1 Å². The van der Waals surface area contributed by atoms with Gasteiger partial charge in [-0.2, -0.15) is 0 Å². The number of anilines is 3. The Hall–Kier alpha value is -2.56. The number of aromatic nitrogens is 3. The van der Waals surface area contributed by atoms with Gasteiger partial charge in [0.25, 0.3) is 0 Å². The average Bonchev–Trinajstić information content (AvgIpc) is 2.75. The highest BCUT2D eigenvalue weighted by atomic mass is 15.1. The minimum absolute atomic E-state index is 0.456. The summed E-state index contributed by atoms with van der Waals surface area (Å²) >= 11 is 0. The molecule has 5 heteroatoms. The summed E-state index contributed by atoms with van der Waals surface area (Å²) in [6.07, 6.45) is 5.32. The number of imidazole rings is 1. The Kier molecular flexibility index (Phi) is 2.59. The summed E-state index contributed by atoms with van der Waals surface area (Å²) in [5.41, 5.74) is 9.94. The summed E-state index contributed by atoms with van der Waals surface area (Å²) in [6, 6.07) is 6.26. The lowest BCUT2D eigenvalue weighted by Gasteiger charge is -2.09. The van der Waals surface area contributed by atoms with Crippen LogP contribution in [0.5, 0.6) is 0 Å². The Bertz CT molecular complexity index is 724. The molecule has 0 saturated heterocycles. The van der Waals surface area contributed by atoms with Crippen molar-refractivity contribution < 1.29 is 0 Å². The van der Waals surface area contributed by atoms with Gasteiger partial charge in [0.2, 0.25) is 0 Å². The van der Waals surface area contributed by atoms with Gasteiger partial charge < -0.3 is 15.5 Å². The summed E-state index contributed by atoms with van der Waals surface area (Å²) in [5.74, 6) is 1.12. The molecule has 0 radical (unpaired) electrons. The van der Waals surface area contributed by atoms with Crippen molar-refractivity contribution in [1.82, 2.24) is 14.4 Å². The van der Waals surface area contributed by atoms with E-state index in [2.05, 4.69) is 47.3 Å². The van der Waals surface area contributed by atoms with Gasteiger partial charge >= 0.3 is 0 Å². The van der Waals surface area contributed by atoms with Gasteiger partial charge in [-0.1, -0.05) is 6.07 Å². The van der Waals surface area contributed by atoms with E-state index in [4.69, 9.17) is 5.73 Å². The molecule has 5 nitrogen and oxygen atoms in total. The molecular weight excluding hydrogens is 238 g/mol. The fourth-order valence-electron chi connectivity index (χ4n) is 2.22. The smallest absolute Gasteiger partial charge is 0.180 e. The normalized spacial score (nSPS) is 10.8. The molecule has 0 bridgehead atoms. The molecule has 1 aromatic carbocycles. The maximum atomic E-state index is 5.80. The van der Waals surface area contributed by atoms with Crippen LogP contribution in [0.3, 0.4) is 0 Å². The summed E-state index contributed by atoms with van der Waals surface area (Å²) in [6.45, 7) is 4.13. The molecule has 0 aliphatic carbocycles. The first-order chi connectivity index (χ1) is 9.11. The predicted molar refractivity (Wildman–Crippen MR) is 76.6 cm³/mol. The zero-order valence-corrected chi connectivity index (χ0v) is 10.9. The van der Waals surface area contributed by atoms with Gasteiger partial charge in [-0.3, -0.25) is 0 Å². The molecule has 3 aromatic rings. The van der Waals surface area contributed by atoms with Gasteiger partial charge in [-0.25, -0.2) is 9.97 Å². The van der Waals surface area contributed by atoms with Gasteiger partial charge in [0.15, 0.2) is 11.5 Å². The van der Waals surface area contributed by atoms with Gasteiger partial charge in [0.05, 0.1) is 6.20 Å². The maximum absolute atomic E-state index is 5.80. The predicted octanol–water partition coefficient (Wildman–Crippen LogP) is 2.67. The van der Waals surface area contributed by atoms with Gasteiger partial charge in [0.1, 0.15) is 5.82 Å². The van der Waals surface area contributed by atoms with Crippen molar-refractivity contribution in [2.75, 3.05) is 11.1 Å². The van der Waals surface area contributed by atoms with Crippen LogP contribution in [0.15, 0.2) is 36.8 Å². The first-order valence-electron chi connectivity index (χ1n) is 6.06. The minimum Gasteiger partial charge on any atom is -0.382 e. The van der Waals surface area contributed by atoms with Gasteiger partial charge in [-0.05, 0) is 37.1 Å². The van der Waals surface area contributed by atoms with E-state index in [1.807, 2.05) is 10.6 Å². The number of nitrogens with zero attached hydrogens (tertiary/aromatic N) is 3. The van der Waals surface area contributed by atoms with Crippen LogP contribution in [0.2, 0.25) is 0 Å². The van der Waals surface area contributed by atoms with Crippen molar-refractivity contribution >= 4 is 23.0 Å². The lowest BCUT2D eigenvalue weighted by atomic mass is 10.1. The second-order valence-corrected chi connectivity index (χ2v) is 4.67. The second kappa shape index (κ2) is 4.28. The Labute approximate surface area is 111 Å². The van der Waals surface area contributed by atoms with Gasteiger partial charge in [0, 0.05) is 18.1 Å². The van der Waals surface area contributed by atoms with Crippen molar-refractivity contribution in [3.63, 3.8) is 0 Å². The molecule has 0 spiro atoms. The molecular formula is C14H15N5. The van der Waals surface area contributed by atoms with Crippen molar-refractivity contribution in [3.05, 3.63) is 47.9 Å². The van der Waals surface area contributed by atoms with E-state index in [1.54, 1.807) is 12.4 Å². The minimum atomic E-state index is 0.456. The molecule has 0 atom stereocenters. The van der Waals surface area contributed by atoms with Crippen molar-refractivity contribution in [3.8, 4) is 0 Å². The standard InChI is InChI=1S/C14H15N5/c1-9-5-10(2)7-11(6-9)17-13-14-16-3-4-19(14)8-12(15)18-13/h3-8H,15H2,1-2H3,(H,17,18). The Morgan fingerprint density at radius 2 is 1.89 bits per heavy atom. The summed E-state index contributed by atoms with van der Waals surface area (Å²) in [5, 5.41) is 3.28. The van der Waals surface area contributed by atoms with Crippen molar-refractivity contribution in [2.24, 2.45) is 0 Å². The fraction of sp³-hybridized carbons (Fsp3) is 0.143. The maximum Gasteiger partial charge on any atom is 0.180 e. The third-order valence-electron chi connectivity index (χ3n) is 2.88. The number of nitrogen functional groups attached to an aromatic ring is 1. The van der Waals surface area contributed by atoms with Gasteiger partial charge in [-0.15, -0.1) is 0 Å². The summed E-state index contributed by atoms with van der Waals surface area (Å²) in [7, 11) is 0. The molecule has 0 aliphatic rings. The SMILES string of the molecule is Cc1cc(C)cc(Nc2nc(N)cn3ccnc23)c1. The molecule has 0 fully saturated rings. The Balaban J connectivity index is 2.07. The Morgan fingerprint density at radius 3 is 2.63 bits per heavy atom. The molecule has 0 unspecified atom stereocenters. The Morgan fingerprint density at radius 1 is 1.16 bits per heavy atom. The number of fused-ring (bicyclic) bond motifs is 1. The molecule has 19 heavy (non-hydrogen) atoms. The molecule has 3 rings (SSSR count). The number of hydrogen-bond acceptors (Lipinski definition) is 4. The van der Waals surface area contributed by atoms with Crippen molar-refractivity contribution in [1.29, 1.82) is 0 Å². The highest BCUT2D eigenvalue weighted by molar-refractivity contribution is 5.71. The molecule has 0 aliphatic heterocycles. The van der Waals surface area contributed by atoms with E-state index in [-0.39, 0.29) is 0 Å². The number of aryl methyl sites for hydroxylation is 2. The first-order valence-corrected chi connectivity index (χ1v) is 6.06. The quantitative estimate of drug-likeness (QED) is 0.736. The largest absolute Gasteiger partial charge is 0.382 e. The first kappa shape index (κ1) is 11.5. The van der Waals surface area contributed by atoms with Crippen LogP contribution < -0.4 is 11.1 Å². The number of nitrogens with two attached hydrogens (primary N) is 1. The topological polar surface area (TPSA) is 68.2 Å². The highest BCUT2D eigenvalue weighted by Gasteiger charge is 2.06. The highest BCUT2D eigenvalue weighted by Crippen LogP contribution is 2.22. The van der Waals surface area contributed by atoms with E-state index >= 15 is 0 Å². The van der Waals surface area contributed by atoms with Crippen LogP contribution in [-0.4, -0.2) is 14.4 Å². The van der Waals surface area contributed by atoms with E-state index < -0.39 is 0 Å². The van der Waals surface area contributed by atoms with Crippen LogP contribution in [0.25, 0.3) is 5.65 Å². The van der Waals surface area contributed by atoms with Crippen LogP contribution in [0, 0.1) is 13.8 Å². The van der Waals surface area contributed by atoms with Crippen molar-refractivity contribution in [2.45, 2.75) is 13.8 Å². The second-order valence-electron chi connectivity index (χ2n) is 4.67. The number of nitrogens with one attached hydrogen (secondary N) is 1. The third kappa shape index (κ3) is 2.22. The van der Waals surface area contributed by atoms with E-state index in [9.17, 15) is 0 Å². The molecule has 2 heterocycles. The molecule has 0 amide bonds. The van der Waals surface area contributed by atoms with Crippen LogP contribution >= 0.6 is 0 Å². The monoisotopic (exact) mass is 253 g/mol. The lowest BCUT2D eigenvalue weighted by molar-refractivity contribution is 1.13. The number of rotatable bonds is 2. The molecule has 3 N–H and O–H groups in total. The average molecular weight is 253 g/mol. The molecule has 0 saturated carbocycles. The fourth-order valence-corrected chi connectivity index (χ4v) is 2.22. The number of benzene rings is 1. The third-order valence-corrected chi connectivity index (χ3v) is 2.88. The lowest BCUT2D eigenvalue weighted by Crippen LogP contribution is -2.02. The number of hydrogen-bond donors (Lipinski definition) is 2. The van der Waals surface area contributed by atoms with E-state index in [0.29, 0.717) is 11.6 Å². The zero-order valence-electron chi connectivity index (χ0n) is 10.9.